The summed E-state index contributed by atoms with van der Waals surface area (Å²) in [6.45, 7) is 0.577. The first-order chi connectivity index (χ1) is 8.83. The Kier molecular flexibility index (Phi) is 5.02. The van der Waals surface area contributed by atoms with Gasteiger partial charge in [0, 0.05) is 0 Å². The average Bonchev–Trinajstić information content (AvgIpc) is 2.34. The number of hydrogen-bond donors (Lipinski definition) is 3. The van der Waals surface area contributed by atoms with E-state index in [1.54, 1.807) is 25.1 Å². The van der Waals surface area contributed by atoms with Crippen molar-refractivity contribution in [2.45, 2.75) is 11.8 Å². The molecule has 8 heteroatoms. The molecule has 3 N–H and O–H groups in total. The smallest absolute Gasteiger partial charge is 0.322 e. The Balaban J connectivity index is 2.64. The number of carboxylic acids is 1. The Labute approximate surface area is 110 Å². The number of rotatable bonds is 6. The molecule has 0 radical (unpaired) electrons. The van der Waals surface area contributed by atoms with Crippen LogP contribution in [0, 0.1) is 6.92 Å². The highest BCUT2D eigenvalue weighted by Gasteiger charge is 2.17. The van der Waals surface area contributed by atoms with Crippen LogP contribution in [-0.2, 0) is 19.6 Å². The van der Waals surface area contributed by atoms with Crippen LogP contribution >= 0.6 is 0 Å². The highest BCUT2D eigenvalue weighted by Crippen LogP contribution is 2.13. The van der Waals surface area contributed by atoms with Crippen LogP contribution in [0.5, 0.6) is 0 Å². The summed E-state index contributed by atoms with van der Waals surface area (Å²) in [5.74, 6) is -1.91. The molecule has 0 atom stereocenters. The molecule has 1 aromatic carbocycles. The molecule has 1 rings (SSSR count). The van der Waals surface area contributed by atoms with Crippen molar-refractivity contribution in [2.24, 2.45) is 0 Å². The number of nitrogens with one attached hydrogen (secondary N) is 2. The van der Waals surface area contributed by atoms with Gasteiger partial charge in [-0.25, -0.2) is 13.1 Å². The number of carboxylic acid groups (broad SMARTS) is 1. The number of carbonyl (C=O) groups is 2. The Morgan fingerprint density at radius 2 is 1.84 bits per heavy atom. The van der Waals surface area contributed by atoms with E-state index in [0.29, 0.717) is 5.56 Å². The molecule has 0 aliphatic carbocycles. The molecule has 7 nitrogen and oxygen atoms in total. The predicted molar refractivity (Wildman–Crippen MR) is 67.0 cm³/mol. The summed E-state index contributed by atoms with van der Waals surface area (Å²) in [6, 6.07) is 6.34. The molecular weight excluding hydrogens is 272 g/mol. The van der Waals surface area contributed by atoms with E-state index in [-0.39, 0.29) is 4.90 Å². The summed E-state index contributed by atoms with van der Waals surface area (Å²) in [6.07, 6.45) is 0. The summed E-state index contributed by atoms with van der Waals surface area (Å²) in [5, 5.41) is 10.4. The number of aliphatic carboxylic acids is 1. The molecule has 1 amide bonds. The van der Waals surface area contributed by atoms with E-state index in [1.807, 2.05) is 0 Å². The quantitative estimate of drug-likeness (QED) is 0.651. The van der Waals surface area contributed by atoms with Crippen molar-refractivity contribution in [1.29, 1.82) is 0 Å². The zero-order valence-corrected chi connectivity index (χ0v) is 11.0. The van der Waals surface area contributed by atoms with Crippen LogP contribution in [0.3, 0.4) is 0 Å². The van der Waals surface area contributed by atoms with E-state index in [0.717, 1.165) is 0 Å². The van der Waals surface area contributed by atoms with E-state index in [4.69, 9.17) is 5.11 Å². The average molecular weight is 286 g/mol. The summed E-state index contributed by atoms with van der Waals surface area (Å²) in [5.41, 5.74) is 0.556. The molecule has 0 aliphatic heterocycles. The minimum Gasteiger partial charge on any atom is -0.480 e. The molecule has 0 saturated heterocycles. The monoisotopic (exact) mass is 286 g/mol. The minimum absolute atomic E-state index is 0.0843. The number of carbonyl (C=O) groups excluding carboxylic acids is 1. The largest absolute Gasteiger partial charge is 0.480 e. The van der Waals surface area contributed by atoms with Gasteiger partial charge in [0.25, 0.3) is 0 Å². The number of hydrogen-bond acceptors (Lipinski definition) is 4. The number of aryl methyl sites for hydroxylation is 1. The lowest BCUT2D eigenvalue weighted by Crippen LogP contribution is -2.39. The van der Waals surface area contributed by atoms with E-state index >= 15 is 0 Å². The normalized spacial score (nSPS) is 11.0. The highest BCUT2D eigenvalue weighted by molar-refractivity contribution is 7.89. The molecule has 0 heterocycles. The van der Waals surface area contributed by atoms with Crippen molar-refractivity contribution in [3.05, 3.63) is 29.8 Å². The van der Waals surface area contributed by atoms with Gasteiger partial charge in [0.15, 0.2) is 0 Å². The zero-order valence-electron chi connectivity index (χ0n) is 10.2. The zero-order chi connectivity index (χ0) is 14.5. The summed E-state index contributed by atoms with van der Waals surface area (Å²) in [4.78, 5) is 21.5. The second kappa shape index (κ2) is 6.30. The molecule has 1 aromatic rings. The van der Waals surface area contributed by atoms with Gasteiger partial charge in [-0.3, -0.25) is 9.59 Å². The number of amides is 1. The van der Waals surface area contributed by atoms with E-state index in [2.05, 4.69) is 10.0 Å². The van der Waals surface area contributed by atoms with E-state index < -0.39 is 35.0 Å². The van der Waals surface area contributed by atoms with Crippen LogP contribution in [0.2, 0.25) is 0 Å². The maximum absolute atomic E-state index is 11.9. The van der Waals surface area contributed by atoms with Gasteiger partial charge in [0.05, 0.1) is 11.4 Å². The van der Waals surface area contributed by atoms with Gasteiger partial charge in [-0.05, 0) is 18.6 Å². The van der Waals surface area contributed by atoms with Crippen molar-refractivity contribution >= 4 is 21.9 Å². The lowest BCUT2D eigenvalue weighted by molar-refractivity contribution is -0.137. The van der Waals surface area contributed by atoms with E-state index in [9.17, 15) is 18.0 Å². The topological polar surface area (TPSA) is 113 Å². The molecule has 19 heavy (non-hydrogen) atoms. The molecule has 0 fully saturated rings. The third-order valence-electron chi connectivity index (χ3n) is 2.24. The molecule has 104 valence electrons. The first-order valence-electron chi connectivity index (χ1n) is 5.37. The summed E-state index contributed by atoms with van der Waals surface area (Å²) < 4.78 is 25.9. The first kappa shape index (κ1) is 15.1. The fourth-order valence-corrected chi connectivity index (χ4v) is 2.56. The summed E-state index contributed by atoms with van der Waals surface area (Å²) >= 11 is 0. The second-order valence-corrected chi connectivity index (χ2v) is 5.50. The fourth-order valence-electron chi connectivity index (χ4n) is 1.33. The van der Waals surface area contributed by atoms with Gasteiger partial charge in [0.2, 0.25) is 15.9 Å². The molecule has 0 aliphatic rings. The van der Waals surface area contributed by atoms with Crippen LogP contribution in [0.15, 0.2) is 29.2 Å². The Morgan fingerprint density at radius 1 is 1.21 bits per heavy atom. The molecule has 0 spiro atoms. The van der Waals surface area contributed by atoms with Crippen LogP contribution in [0.4, 0.5) is 0 Å². The maximum Gasteiger partial charge on any atom is 0.322 e. The lowest BCUT2D eigenvalue weighted by atomic mass is 10.2. The van der Waals surface area contributed by atoms with Crippen molar-refractivity contribution in [1.82, 2.24) is 10.0 Å². The van der Waals surface area contributed by atoms with Gasteiger partial charge < -0.3 is 10.4 Å². The van der Waals surface area contributed by atoms with Gasteiger partial charge in [-0.15, -0.1) is 0 Å². The third kappa shape index (κ3) is 4.68. The number of benzene rings is 1. The molecule has 0 bridgehead atoms. The van der Waals surface area contributed by atoms with Crippen molar-refractivity contribution < 1.29 is 23.1 Å². The Bertz CT molecular complexity index is 583. The lowest BCUT2D eigenvalue weighted by Gasteiger charge is -2.08. The molecule has 0 aromatic heterocycles. The van der Waals surface area contributed by atoms with Crippen molar-refractivity contribution in [2.75, 3.05) is 13.1 Å². The van der Waals surface area contributed by atoms with Gasteiger partial charge in [-0.2, -0.15) is 0 Å². The Hall–Kier alpha value is -1.93. The highest BCUT2D eigenvalue weighted by atomic mass is 32.2. The van der Waals surface area contributed by atoms with Crippen LogP contribution in [0.25, 0.3) is 0 Å². The molecule has 0 unspecified atom stereocenters. The van der Waals surface area contributed by atoms with Crippen LogP contribution < -0.4 is 10.0 Å². The molecule has 0 saturated carbocycles. The van der Waals surface area contributed by atoms with Crippen LogP contribution in [0.1, 0.15) is 5.56 Å². The fraction of sp³-hybridized carbons (Fsp3) is 0.273. The number of sulfonamides is 1. The predicted octanol–water partition coefficient (Wildman–Crippen LogP) is -0.526. The van der Waals surface area contributed by atoms with Crippen molar-refractivity contribution in [3.63, 3.8) is 0 Å². The molecular formula is C11H14N2O5S. The maximum atomic E-state index is 11.9. The standard InChI is InChI=1S/C11H14N2O5S/c1-8-4-2-3-5-9(8)19(17,18)13-6-10(14)12-7-11(15)16/h2-5,13H,6-7H2,1H3,(H,12,14)(H,15,16). The van der Waals surface area contributed by atoms with Gasteiger partial charge in [0.1, 0.15) is 6.54 Å². The third-order valence-corrected chi connectivity index (χ3v) is 3.80. The SMILES string of the molecule is Cc1ccccc1S(=O)(=O)NCC(=O)NCC(=O)O. The van der Waals surface area contributed by atoms with E-state index in [1.165, 1.54) is 6.07 Å². The first-order valence-corrected chi connectivity index (χ1v) is 6.85. The van der Waals surface area contributed by atoms with Gasteiger partial charge in [-0.1, -0.05) is 18.2 Å². The second-order valence-electron chi connectivity index (χ2n) is 3.76. The van der Waals surface area contributed by atoms with Crippen LogP contribution in [-0.4, -0.2) is 38.5 Å². The van der Waals surface area contributed by atoms with Crippen molar-refractivity contribution in [3.8, 4) is 0 Å². The minimum atomic E-state index is -3.78. The summed E-state index contributed by atoms with van der Waals surface area (Å²) in [7, 11) is -3.78. The Morgan fingerprint density at radius 3 is 2.42 bits per heavy atom. The van der Waals surface area contributed by atoms with Gasteiger partial charge >= 0.3 is 5.97 Å².